The van der Waals surface area contributed by atoms with Gasteiger partial charge in [-0.2, -0.15) is 0 Å². The van der Waals surface area contributed by atoms with E-state index in [2.05, 4.69) is 5.32 Å². The number of hydrogen-bond donors (Lipinski definition) is 1. The lowest BCUT2D eigenvalue weighted by atomic mass is 10.2. The Hall–Kier alpha value is -2.54. The molecule has 1 N–H and O–H groups in total. The zero-order chi connectivity index (χ0) is 17.7. The van der Waals surface area contributed by atoms with Gasteiger partial charge in [-0.3, -0.25) is 4.79 Å². The molecule has 0 aromatic heterocycles. The molecular weight excluding hydrogens is 330 g/mol. The maximum atomic E-state index is 11.9. The molecule has 0 unspecified atom stereocenters. The third-order valence-electron chi connectivity index (χ3n) is 3.24. The summed E-state index contributed by atoms with van der Waals surface area (Å²) in [6, 6.07) is 11.4. The first-order valence-electron chi connectivity index (χ1n) is 7.17. The van der Waals surface area contributed by atoms with Crippen LogP contribution in [-0.4, -0.2) is 34.3 Å². The van der Waals surface area contributed by atoms with Crippen molar-refractivity contribution in [2.45, 2.75) is 11.8 Å². The highest BCUT2D eigenvalue weighted by atomic mass is 32.2. The number of ether oxygens (including phenoxy) is 2. The van der Waals surface area contributed by atoms with Gasteiger partial charge < -0.3 is 14.8 Å². The predicted molar refractivity (Wildman–Crippen MR) is 91.4 cm³/mol. The second kappa shape index (κ2) is 7.35. The molecule has 0 saturated carbocycles. The van der Waals surface area contributed by atoms with E-state index in [0.717, 1.165) is 11.8 Å². The van der Waals surface area contributed by atoms with Crippen molar-refractivity contribution >= 4 is 21.4 Å². The van der Waals surface area contributed by atoms with Crippen LogP contribution in [-0.2, 0) is 14.6 Å². The molecule has 2 rings (SSSR count). The zero-order valence-corrected chi connectivity index (χ0v) is 14.5. The molecule has 0 aliphatic carbocycles. The van der Waals surface area contributed by atoms with Gasteiger partial charge in [0, 0.05) is 11.9 Å². The van der Waals surface area contributed by atoms with Crippen molar-refractivity contribution in [3.05, 3.63) is 48.0 Å². The summed E-state index contributed by atoms with van der Waals surface area (Å²) in [5.41, 5.74) is 1.52. The molecule has 7 heteroatoms. The average Bonchev–Trinajstić information content (AvgIpc) is 2.53. The summed E-state index contributed by atoms with van der Waals surface area (Å²) in [6.07, 6.45) is 1.13. The van der Waals surface area contributed by atoms with Crippen molar-refractivity contribution in [1.29, 1.82) is 0 Å². The highest BCUT2D eigenvalue weighted by Gasteiger charge is 2.10. The number of nitrogens with one attached hydrogen (secondary N) is 1. The maximum Gasteiger partial charge on any atom is 0.262 e. The van der Waals surface area contributed by atoms with Gasteiger partial charge in [0.25, 0.3) is 5.91 Å². The fourth-order valence-electron chi connectivity index (χ4n) is 2.02. The molecule has 128 valence electrons. The lowest BCUT2D eigenvalue weighted by Gasteiger charge is -2.11. The van der Waals surface area contributed by atoms with Crippen LogP contribution in [0.3, 0.4) is 0 Å². The number of hydrogen-bond acceptors (Lipinski definition) is 5. The van der Waals surface area contributed by atoms with Crippen LogP contribution in [0.15, 0.2) is 47.4 Å². The molecule has 1 amide bonds. The molecule has 24 heavy (non-hydrogen) atoms. The minimum Gasteiger partial charge on any atom is -0.493 e. The predicted octanol–water partition coefficient (Wildman–Crippen LogP) is 2.42. The van der Waals surface area contributed by atoms with Crippen LogP contribution in [0.4, 0.5) is 5.69 Å². The summed E-state index contributed by atoms with van der Waals surface area (Å²) in [7, 11) is -1.72. The fourth-order valence-corrected chi connectivity index (χ4v) is 2.65. The van der Waals surface area contributed by atoms with E-state index < -0.39 is 9.84 Å². The van der Waals surface area contributed by atoms with Crippen LogP contribution in [0, 0.1) is 6.92 Å². The van der Waals surface area contributed by atoms with Crippen LogP contribution in [0.2, 0.25) is 0 Å². The minimum absolute atomic E-state index is 0.187. The molecule has 0 fully saturated rings. The molecule has 0 atom stereocenters. The Morgan fingerprint density at radius 1 is 1.08 bits per heavy atom. The Bertz CT molecular complexity index is 829. The molecule has 0 heterocycles. The van der Waals surface area contributed by atoms with Crippen LogP contribution in [0.25, 0.3) is 0 Å². The van der Waals surface area contributed by atoms with E-state index in [4.69, 9.17) is 9.47 Å². The number of methoxy groups -OCH3 is 1. The summed E-state index contributed by atoms with van der Waals surface area (Å²) in [4.78, 5) is 12.1. The number of benzene rings is 2. The number of amides is 1. The van der Waals surface area contributed by atoms with E-state index in [1.165, 1.54) is 31.4 Å². The van der Waals surface area contributed by atoms with Crippen LogP contribution >= 0.6 is 0 Å². The number of carbonyl (C=O) groups is 1. The van der Waals surface area contributed by atoms with Crippen LogP contribution < -0.4 is 14.8 Å². The standard InChI is InChI=1S/C17H19NO5S/c1-12-4-9-15(16(10-12)22-2)23-11-17(19)18-13-5-7-14(8-6-13)24(3,20)21/h4-10H,11H2,1-3H3,(H,18,19). The van der Waals surface area contributed by atoms with E-state index in [0.29, 0.717) is 17.2 Å². The Morgan fingerprint density at radius 2 is 1.75 bits per heavy atom. The number of aryl methyl sites for hydroxylation is 1. The minimum atomic E-state index is -3.26. The quantitative estimate of drug-likeness (QED) is 0.866. The second-order valence-corrected chi connectivity index (χ2v) is 7.30. The van der Waals surface area contributed by atoms with Gasteiger partial charge in [-0.15, -0.1) is 0 Å². The normalized spacial score (nSPS) is 11.0. The highest BCUT2D eigenvalue weighted by molar-refractivity contribution is 7.90. The number of carbonyl (C=O) groups excluding carboxylic acids is 1. The fraction of sp³-hybridized carbons (Fsp3) is 0.235. The van der Waals surface area contributed by atoms with E-state index >= 15 is 0 Å². The molecule has 0 aliphatic rings. The average molecular weight is 349 g/mol. The first-order valence-corrected chi connectivity index (χ1v) is 9.06. The Kier molecular flexibility index (Phi) is 5.46. The second-order valence-electron chi connectivity index (χ2n) is 5.29. The molecule has 6 nitrogen and oxygen atoms in total. The lowest BCUT2D eigenvalue weighted by molar-refractivity contribution is -0.118. The monoisotopic (exact) mass is 349 g/mol. The molecule has 0 spiro atoms. The molecule has 0 aliphatic heterocycles. The van der Waals surface area contributed by atoms with Gasteiger partial charge >= 0.3 is 0 Å². The van der Waals surface area contributed by atoms with Crippen molar-refractivity contribution < 1.29 is 22.7 Å². The van der Waals surface area contributed by atoms with E-state index in [1.807, 2.05) is 19.1 Å². The van der Waals surface area contributed by atoms with E-state index in [-0.39, 0.29) is 17.4 Å². The van der Waals surface area contributed by atoms with Crippen molar-refractivity contribution in [2.24, 2.45) is 0 Å². The largest absolute Gasteiger partial charge is 0.493 e. The topological polar surface area (TPSA) is 81.7 Å². The third-order valence-corrected chi connectivity index (χ3v) is 4.37. The van der Waals surface area contributed by atoms with Gasteiger partial charge in [-0.1, -0.05) is 6.07 Å². The summed E-state index contributed by atoms with van der Waals surface area (Å²) in [5, 5.41) is 2.64. The van der Waals surface area contributed by atoms with Gasteiger partial charge in [0.05, 0.1) is 12.0 Å². The van der Waals surface area contributed by atoms with Gasteiger partial charge in [0.15, 0.2) is 27.9 Å². The van der Waals surface area contributed by atoms with Crippen molar-refractivity contribution in [3.8, 4) is 11.5 Å². The van der Waals surface area contributed by atoms with Gasteiger partial charge in [-0.05, 0) is 48.9 Å². The van der Waals surface area contributed by atoms with Crippen molar-refractivity contribution in [3.63, 3.8) is 0 Å². The summed E-state index contributed by atoms with van der Waals surface area (Å²) in [5.74, 6) is 0.677. The van der Waals surface area contributed by atoms with E-state index in [1.54, 1.807) is 6.07 Å². The summed E-state index contributed by atoms with van der Waals surface area (Å²) >= 11 is 0. The smallest absolute Gasteiger partial charge is 0.262 e. The summed E-state index contributed by atoms with van der Waals surface area (Å²) in [6.45, 7) is 1.74. The van der Waals surface area contributed by atoms with Gasteiger partial charge in [0.1, 0.15) is 0 Å². The molecule has 2 aromatic carbocycles. The summed E-state index contributed by atoms with van der Waals surface area (Å²) < 4.78 is 33.5. The first kappa shape index (κ1) is 17.8. The van der Waals surface area contributed by atoms with Gasteiger partial charge in [0.2, 0.25) is 0 Å². The number of anilines is 1. The Morgan fingerprint density at radius 3 is 2.33 bits per heavy atom. The van der Waals surface area contributed by atoms with Crippen LogP contribution in [0.5, 0.6) is 11.5 Å². The molecule has 0 bridgehead atoms. The maximum absolute atomic E-state index is 11.9. The molecule has 0 radical (unpaired) electrons. The number of sulfone groups is 1. The molecular formula is C17H19NO5S. The SMILES string of the molecule is COc1cc(C)ccc1OCC(=O)Nc1ccc(S(C)(=O)=O)cc1. The molecule has 2 aromatic rings. The van der Waals surface area contributed by atoms with E-state index in [9.17, 15) is 13.2 Å². The van der Waals surface area contributed by atoms with Crippen LogP contribution in [0.1, 0.15) is 5.56 Å². The van der Waals surface area contributed by atoms with Crippen molar-refractivity contribution in [2.75, 3.05) is 25.3 Å². The number of rotatable bonds is 6. The zero-order valence-electron chi connectivity index (χ0n) is 13.7. The highest BCUT2D eigenvalue weighted by Crippen LogP contribution is 2.27. The Balaban J connectivity index is 1.96. The third kappa shape index (κ3) is 4.73. The first-order chi connectivity index (χ1) is 11.3. The lowest BCUT2D eigenvalue weighted by Crippen LogP contribution is -2.20. The van der Waals surface area contributed by atoms with Gasteiger partial charge in [-0.25, -0.2) is 8.42 Å². The van der Waals surface area contributed by atoms with Crippen molar-refractivity contribution in [1.82, 2.24) is 0 Å². The molecule has 0 saturated heterocycles. The Labute approximate surface area is 141 Å².